The first-order chi connectivity index (χ1) is 8.09. The third-order valence-electron chi connectivity index (χ3n) is 2.41. The lowest BCUT2D eigenvalue weighted by Gasteiger charge is -2.31. The van der Waals surface area contributed by atoms with Gasteiger partial charge in [0.1, 0.15) is 5.78 Å². The average Bonchev–Trinajstić information content (AvgIpc) is 2.13. The predicted molar refractivity (Wildman–Crippen MR) is 73.6 cm³/mol. The van der Waals surface area contributed by atoms with Crippen molar-refractivity contribution in [2.75, 3.05) is 0 Å². The minimum absolute atomic E-state index is 0.235. The summed E-state index contributed by atoms with van der Waals surface area (Å²) in [5.74, 6) is -0.693. The Morgan fingerprint density at radius 1 is 1.28 bits per heavy atom. The van der Waals surface area contributed by atoms with Crippen LogP contribution in [0.25, 0.3) is 0 Å². The van der Waals surface area contributed by atoms with Gasteiger partial charge >= 0.3 is 5.97 Å². The van der Waals surface area contributed by atoms with Crippen LogP contribution in [0.5, 0.6) is 0 Å². The van der Waals surface area contributed by atoms with E-state index in [0.717, 1.165) is 0 Å². The number of Topliss-reactive ketones (excluding diaryl/α,β-unsaturated/α-hetero) is 1. The number of ketones is 1. The second-order valence-corrected chi connectivity index (χ2v) is 6.46. The molecular formula is C13H23BrO4. The molecular weight excluding hydrogens is 300 g/mol. The fourth-order valence-corrected chi connectivity index (χ4v) is 2.71. The summed E-state index contributed by atoms with van der Waals surface area (Å²) in [6, 6.07) is 0. The maximum absolute atomic E-state index is 12.0. The number of halogens is 1. The molecule has 0 unspecified atom stereocenters. The van der Waals surface area contributed by atoms with E-state index in [9.17, 15) is 14.7 Å². The number of aliphatic hydroxyl groups is 1. The average molecular weight is 323 g/mol. The summed E-state index contributed by atoms with van der Waals surface area (Å²) in [6.07, 6.45) is 0.0211. The molecule has 0 aliphatic heterocycles. The van der Waals surface area contributed by atoms with Crippen LogP contribution in [0.2, 0.25) is 0 Å². The van der Waals surface area contributed by atoms with Crippen molar-refractivity contribution in [3.05, 3.63) is 0 Å². The number of hydrogen-bond acceptors (Lipinski definition) is 4. The van der Waals surface area contributed by atoms with Gasteiger partial charge in [0.25, 0.3) is 0 Å². The van der Waals surface area contributed by atoms with Crippen molar-refractivity contribution < 1.29 is 19.4 Å². The van der Waals surface area contributed by atoms with E-state index in [1.165, 1.54) is 6.92 Å². The molecule has 0 aromatic carbocycles. The molecule has 0 aliphatic carbocycles. The third kappa shape index (κ3) is 5.48. The first kappa shape index (κ1) is 17.6. The number of carbonyl (C=O) groups is 2. The van der Waals surface area contributed by atoms with Crippen molar-refractivity contribution in [2.24, 2.45) is 5.92 Å². The smallest absolute Gasteiger partial charge is 0.340 e. The second kappa shape index (κ2) is 7.24. The summed E-state index contributed by atoms with van der Waals surface area (Å²) in [5.41, 5.74) is -1.79. The Labute approximate surface area is 117 Å². The molecule has 0 bridgehead atoms. The van der Waals surface area contributed by atoms with Gasteiger partial charge in [-0.1, -0.05) is 29.8 Å². The topological polar surface area (TPSA) is 63.6 Å². The number of ether oxygens (including phenoxy) is 1. The normalized spacial score (nSPS) is 16.5. The number of esters is 1. The molecule has 106 valence electrons. The SMILES string of the molecule is CC(=O)C[C@@](O)(C(=O)OC(C)C)[C@H](Br)CC(C)C. The fraction of sp³-hybridized carbons (Fsp3) is 0.846. The summed E-state index contributed by atoms with van der Waals surface area (Å²) < 4.78 is 5.05. The third-order valence-corrected chi connectivity index (χ3v) is 3.54. The van der Waals surface area contributed by atoms with E-state index in [4.69, 9.17) is 4.74 Å². The molecule has 0 aromatic heterocycles. The van der Waals surface area contributed by atoms with Crippen LogP contribution in [0.4, 0.5) is 0 Å². The zero-order valence-corrected chi connectivity index (χ0v) is 13.3. The van der Waals surface area contributed by atoms with Crippen LogP contribution in [0.15, 0.2) is 0 Å². The highest BCUT2D eigenvalue weighted by Gasteiger charge is 2.45. The molecule has 18 heavy (non-hydrogen) atoms. The standard InChI is InChI=1S/C13H23BrO4/c1-8(2)6-11(14)13(17,7-10(5)15)12(16)18-9(3)4/h8-9,11,17H,6-7H2,1-5H3/t11-,13+/m1/s1. The van der Waals surface area contributed by atoms with E-state index in [1.807, 2.05) is 13.8 Å². The van der Waals surface area contributed by atoms with Gasteiger partial charge in [0, 0.05) is 6.42 Å². The van der Waals surface area contributed by atoms with Crippen LogP contribution >= 0.6 is 15.9 Å². The Kier molecular flexibility index (Phi) is 7.07. The highest BCUT2D eigenvalue weighted by molar-refractivity contribution is 9.09. The summed E-state index contributed by atoms with van der Waals surface area (Å²) in [6.45, 7) is 8.73. The Balaban J connectivity index is 5.03. The zero-order chi connectivity index (χ0) is 14.5. The summed E-state index contributed by atoms with van der Waals surface area (Å²) in [5, 5.41) is 10.5. The van der Waals surface area contributed by atoms with Gasteiger partial charge in [0.15, 0.2) is 5.60 Å². The van der Waals surface area contributed by atoms with Gasteiger partial charge in [-0.05, 0) is 33.1 Å². The van der Waals surface area contributed by atoms with Gasteiger partial charge in [0.05, 0.1) is 10.9 Å². The van der Waals surface area contributed by atoms with E-state index >= 15 is 0 Å². The first-order valence-corrected chi connectivity index (χ1v) is 7.08. The summed E-state index contributed by atoms with van der Waals surface area (Å²) in [4.78, 5) is 22.7. The predicted octanol–water partition coefficient (Wildman–Crippen LogP) is 2.46. The maximum atomic E-state index is 12.0. The lowest BCUT2D eigenvalue weighted by Crippen LogP contribution is -2.50. The Bertz CT molecular complexity index is 301. The highest BCUT2D eigenvalue weighted by Crippen LogP contribution is 2.30. The van der Waals surface area contributed by atoms with E-state index in [1.54, 1.807) is 13.8 Å². The van der Waals surface area contributed by atoms with E-state index < -0.39 is 16.4 Å². The molecule has 2 atom stereocenters. The quantitative estimate of drug-likeness (QED) is 0.577. The molecule has 0 heterocycles. The molecule has 0 amide bonds. The number of hydrogen-bond donors (Lipinski definition) is 1. The minimum atomic E-state index is -1.79. The van der Waals surface area contributed by atoms with Gasteiger partial charge < -0.3 is 9.84 Å². The van der Waals surface area contributed by atoms with Gasteiger partial charge in [-0.15, -0.1) is 0 Å². The van der Waals surface area contributed by atoms with E-state index in [0.29, 0.717) is 12.3 Å². The van der Waals surface area contributed by atoms with Gasteiger partial charge in [0.2, 0.25) is 0 Å². The zero-order valence-electron chi connectivity index (χ0n) is 11.7. The molecule has 0 radical (unpaired) electrons. The lowest BCUT2D eigenvalue weighted by atomic mass is 9.89. The Hall–Kier alpha value is -0.420. The molecule has 0 saturated carbocycles. The number of alkyl halides is 1. The van der Waals surface area contributed by atoms with Crippen LogP contribution in [0, 0.1) is 5.92 Å². The molecule has 5 heteroatoms. The van der Waals surface area contributed by atoms with Crippen LogP contribution in [0.1, 0.15) is 47.5 Å². The van der Waals surface area contributed by atoms with Crippen molar-refractivity contribution in [1.29, 1.82) is 0 Å². The minimum Gasteiger partial charge on any atom is -0.461 e. The molecule has 0 aliphatic rings. The van der Waals surface area contributed by atoms with Gasteiger partial charge in [-0.2, -0.15) is 0 Å². The molecule has 1 N–H and O–H groups in total. The second-order valence-electron chi connectivity index (χ2n) is 5.35. The van der Waals surface area contributed by atoms with Crippen LogP contribution in [-0.4, -0.2) is 33.4 Å². The van der Waals surface area contributed by atoms with Crippen LogP contribution < -0.4 is 0 Å². The molecule has 0 aromatic rings. The van der Waals surface area contributed by atoms with Gasteiger partial charge in [-0.25, -0.2) is 4.79 Å². The first-order valence-electron chi connectivity index (χ1n) is 6.16. The molecule has 0 saturated heterocycles. The van der Waals surface area contributed by atoms with Crippen molar-refractivity contribution in [3.8, 4) is 0 Å². The molecule has 4 nitrogen and oxygen atoms in total. The van der Waals surface area contributed by atoms with E-state index in [2.05, 4.69) is 15.9 Å². The maximum Gasteiger partial charge on any atom is 0.340 e. The highest BCUT2D eigenvalue weighted by atomic mass is 79.9. The fourth-order valence-electron chi connectivity index (χ4n) is 1.62. The Morgan fingerprint density at radius 3 is 2.11 bits per heavy atom. The summed E-state index contributed by atoms with van der Waals surface area (Å²) in [7, 11) is 0. The van der Waals surface area contributed by atoms with E-state index in [-0.39, 0.29) is 18.3 Å². The lowest BCUT2D eigenvalue weighted by molar-refractivity contribution is -0.171. The molecule has 0 spiro atoms. The van der Waals surface area contributed by atoms with Crippen molar-refractivity contribution in [3.63, 3.8) is 0 Å². The number of rotatable bonds is 7. The van der Waals surface area contributed by atoms with Crippen LogP contribution in [0.3, 0.4) is 0 Å². The monoisotopic (exact) mass is 322 g/mol. The largest absolute Gasteiger partial charge is 0.461 e. The molecule has 0 fully saturated rings. The molecule has 0 rings (SSSR count). The van der Waals surface area contributed by atoms with Crippen molar-refractivity contribution in [2.45, 2.75) is 64.0 Å². The van der Waals surface area contributed by atoms with Crippen molar-refractivity contribution in [1.82, 2.24) is 0 Å². The summed E-state index contributed by atoms with van der Waals surface area (Å²) >= 11 is 3.32. The van der Waals surface area contributed by atoms with Crippen LogP contribution in [-0.2, 0) is 14.3 Å². The Morgan fingerprint density at radius 2 is 1.78 bits per heavy atom. The van der Waals surface area contributed by atoms with Gasteiger partial charge in [-0.3, -0.25) is 4.79 Å². The van der Waals surface area contributed by atoms with Crippen molar-refractivity contribution >= 4 is 27.7 Å². The number of carbonyl (C=O) groups excluding carboxylic acids is 2.